The Morgan fingerprint density at radius 3 is 2.80 bits per heavy atom. The van der Waals surface area contributed by atoms with Gasteiger partial charge in [-0.1, -0.05) is 30.3 Å². The lowest BCUT2D eigenvalue weighted by atomic mass is 9.70. The van der Waals surface area contributed by atoms with Crippen LogP contribution in [0.1, 0.15) is 41.5 Å². The average Bonchev–Trinajstić information content (AvgIpc) is 3.16. The van der Waals surface area contributed by atoms with E-state index in [0.29, 0.717) is 23.4 Å². The normalized spacial score (nSPS) is 18.1. The van der Waals surface area contributed by atoms with Crippen LogP contribution in [-0.2, 0) is 11.2 Å². The van der Waals surface area contributed by atoms with Crippen molar-refractivity contribution in [3.05, 3.63) is 83.7 Å². The number of aromatic nitrogens is 3. The third-order valence-corrected chi connectivity index (χ3v) is 5.85. The number of rotatable bonds is 5. The second-order valence-corrected chi connectivity index (χ2v) is 7.89. The summed E-state index contributed by atoms with van der Waals surface area (Å²) < 4.78 is 0. The summed E-state index contributed by atoms with van der Waals surface area (Å²) in [4.78, 5) is 16.7. The van der Waals surface area contributed by atoms with Crippen LogP contribution >= 0.6 is 0 Å². The van der Waals surface area contributed by atoms with E-state index >= 15 is 0 Å². The maximum Gasteiger partial charge on any atom is 0.229 e. The molecule has 1 amide bonds. The van der Waals surface area contributed by atoms with Crippen LogP contribution in [0, 0.1) is 0 Å². The summed E-state index contributed by atoms with van der Waals surface area (Å²) in [5, 5.41) is 21.2. The van der Waals surface area contributed by atoms with Gasteiger partial charge in [0.05, 0.1) is 11.9 Å². The van der Waals surface area contributed by atoms with Gasteiger partial charge in [-0.05, 0) is 54.2 Å². The minimum Gasteiger partial charge on any atom is -0.508 e. The van der Waals surface area contributed by atoms with Gasteiger partial charge in [-0.25, -0.2) is 0 Å². The van der Waals surface area contributed by atoms with Crippen LogP contribution in [0.3, 0.4) is 0 Å². The van der Waals surface area contributed by atoms with Crippen molar-refractivity contribution in [1.82, 2.24) is 15.2 Å². The van der Waals surface area contributed by atoms with Crippen molar-refractivity contribution in [3.8, 4) is 5.75 Å². The maximum atomic E-state index is 12.4. The number of aromatic hydroxyl groups is 1. The molecule has 4 aromatic rings. The first-order valence-electron chi connectivity index (χ1n) is 10.1. The standard InChI is InChI=1S/C24H22N4O2/c29-22-6-2-1-5-19(22)17-12-18(13-17)21-14-23(28-27-21)26-24(30)11-15-7-8-20-16(10-15)4-3-9-25-20/h1-10,14,17-18,29H,11-13H2,(H2,26,27,28,30). The quantitative estimate of drug-likeness (QED) is 0.461. The molecule has 6 nitrogen and oxygen atoms in total. The maximum absolute atomic E-state index is 12.4. The van der Waals surface area contributed by atoms with Crippen LogP contribution in [0.2, 0.25) is 0 Å². The zero-order valence-corrected chi connectivity index (χ0v) is 16.4. The number of pyridine rings is 1. The molecule has 0 aliphatic heterocycles. The molecule has 1 aliphatic carbocycles. The Labute approximate surface area is 174 Å². The number of phenolic OH excluding ortho intramolecular Hbond substituents is 1. The molecule has 0 bridgehead atoms. The number of para-hydroxylation sites is 1. The van der Waals surface area contributed by atoms with E-state index in [0.717, 1.165) is 40.6 Å². The van der Waals surface area contributed by atoms with Crippen LogP contribution in [0.4, 0.5) is 5.82 Å². The van der Waals surface area contributed by atoms with Gasteiger partial charge in [-0.2, -0.15) is 5.10 Å². The van der Waals surface area contributed by atoms with Crippen LogP contribution in [-0.4, -0.2) is 26.2 Å². The molecule has 5 rings (SSSR count). The SMILES string of the molecule is O=C(Cc1ccc2ncccc2c1)Nc1cc(C2CC(c3ccccc3O)C2)[nH]n1. The molecule has 1 saturated carbocycles. The van der Waals surface area contributed by atoms with Crippen LogP contribution in [0.25, 0.3) is 10.9 Å². The average molecular weight is 398 g/mol. The summed E-state index contributed by atoms with van der Waals surface area (Å²) >= 11 is 0. The lowest BCUT2D eigenvalue weighted by Gasteiger charge is -2.35. The van der Waals surface area contributed by atoms with Crippen molar-refractivity contribution in [3.63, 3.8) is 0 Å². The van der Waals surface area contributed by atoms with Gasteiger partial charge in [0.2, 0.25) is 5.91 Å². The monoisotopic (exact) mass is 398 g/mol. The minimum absolute atomic E-state index is 0.100. The number of nitrogens with zero attached hydrogens (tertiary/aromatic N) is 2. The van der Waals surface area contributed by atoms with E-state index in [1.165, 1.54) is 0 Å². The molecule has 0 radical (unpaired) electrons. The van der Waals surface area contributed by atoms with Crippen molar-refractivity contribution in [1.29, 1.82) is 0 Å². The fourth-order valence-corrected chi connectivity index (χ4v) is 4.18. The van der Waals surface area contributed by atoms with Crippen molar-refractivity contribution in [2.75, 3.05) is 5.32 Å². The van der Waals surface area contributed by atoms with Gasteiger partial charge >= 0.3 is 0 Å². The molecule has 2 heterocycles. The molecule has 1 aliphatic rings. The summed E-state index contributed by atoms with van der Waals surface area (Å²) in [6.45, 7) is 0. The molecule has 0 saturated heterocycles. The lowest BCUT2D eigenvalue weighted by Crippen LogP contribution is -2.20. The highest BCUT2D eigenvalue weighted by Gasteiger charge is 2.34. The zero-order chi connectivity index (χ0) is 20.5. The molecule has 2 aromatic carbocycles. The molecule has 3 N–H and O–H groups in total. The van der Waals surface area contributed by atoms with Gasteiger partial charge in [0, 0.05) is 29.3 Å². The lowest BCUT2D eigenvalue weighted by molar-refractivity contribution is -0.115. The zero-order valence-electron chi connectivity index (χ0n) is 16.4. The number of H-pyrrole nitrogens is 1. The molecular formula is C24H22N4O2. The van der Waals surface area contributed by atoms with Crippen LogP contribution in [0.5, 0.6) is 5.75 Å². The number of hydrogen-bond donors (Lipinski definition) is 3. The largest absolute Gasteiger partial charge is 0.508 e. The highest BCUT2D eigenvalue weighted by Crippen LogP contribution is 2.49. The summed E-state index contributed by atoms with van der Waals surface area (Å²) in [6.07, 6.45) is 3.96. The third kappa shape index (κ3) is 3.64. The van der Waals surface area contributed by atoms with Crippen molar-refractivity contribution in [2.24, 2.45) is 0 Å². The minimum atomic E-state index is -0.100. The van der Waals surface area contributed by atoms with E-state index in [4.69, 9.17) is 0 Å². The Balaban J connectivity index is 1.19. The molecule has 2 aromatic heterocycles. The Morgan fingerprint density at radius 2 is 1.93 bits per heavy atom. The molecule has 6 heteroatoms. The Bertz CT molecular complexity index is 1210. The number of hydrogen-bond acceptors (Lipinski definition) is 4. The number of anilines is 1. The topological polar surface area (TPSA) is 90.9 Å². The van der Waals surface area contributed by atoms with Crippen molar-refractivity contribution < 1.29 is 9.90 Å². The number of benzene rings is 2. The smallest absolute Gasteiger partial charge is 0.229 e. The van der Waals surface area contributed by atoms with Gasteiger partial charge in [0.1, 0.15) is 5.75 Å². The first-order valence-corrected chi connectivity index (χ1v) is 10.1. The molecule has 0 atom stereocenters. The second kappa shape index (κ2) is 7.63. The van der Waals surface area contributed by atoms with E-state index in [1.807, 2.05) is 54.6 Å². The van der Waals surface area contributed by atoms with Gasteiger partial charge < -0.3 is 10.4 Å². The highest BCUT2D eigenvalue weighted by atomic mass is 16.3. The predicted molar refractivity (Wildman–Crippen MR) is 115 cm³/mol. The fourth-order valence-electron chi connectivity index (χ4n) is 4.18. The number of amides is 1. The van der Waals surface area contributed by atoms with Crippen molar-refractivity contribution in [2.45, 2.75) is 31.1 Å². The Hall–Kier alpha value is -3.67. The third-order valence-electron chi connectivity index (χ3n) is 5.85. The van der Waals surface area contributed by atoms with Gasteiger partial charge in [-0.15, -0.1) is 0 Å². The first kappa shape index (κ1) is 18.4. The number of carbonyl (C=O) groups is 1. The fraction of sp³-hybridized carbons (Fsp3) is 0.208. The summed E-state index contributed by atoms with van der Waals surface area (Å²) in [5.41, 5.74) is 3.88. The van der Waals surface area contributed by atoms with Crippen molar-refractivity contribution >= 4 is 22.6 Å². The molecule has 30 heavy (non-hydrogen) atoms. The summed E-state index contributed by atoms with van der Waals surface area (Å²) in [7, 11) is 0. The molecule has 0 unspecified atom stereocenters. The Morgan fingerprint density at radius 1 is 1.07 bits per heavy atom. The molecule has 150 valence electrons. The van der Waals surface area contributed by atoms with E-state index in [1.54, 1.807) is 12.3 Å². The Kier molecular flexibility index (Phi) is 4.67. The first-order chi connectivity index (χ1) is 14.7. The number of nitrogens with one attached hydrogen (secondary N) is 2. The second-order valence-electron chi connectivity index (χ2n) is 7.89. The molecule has 1 fully saturated rings. The molecular weight excluding hydrogens is 376 g/mol. The van der Waals surface area contributed by atoms with Crippen LogP contribution in [0.15, 0.2) is 66.9 Å². The van der Waals surface area contributed by atoms with Gasteiger partial charge in [-0.3, -0.25) is 14.9 Å². The number of fused-ring (bicyclic) bond motifs is 1. The van der Waals surface area contributed by atoms with Crippen LogP contribution < -0.4 is 5.32 Å². The van der Waals surface area contributed by atoms with Gasteiger partial charge in [0.15, 0.2) is 5.82 Å². The number of carbonyl (C=O) groups excluding carboxylic acids is 1. The number of phenols is 1. The predicted octanol–water partition coefficient (Wildman–Crippen LogP) is 4.51. The number of aromatic amines is 1. The van der Waals surface area contributed by atoms with E-state index < -0.39 is 0 Å². The van der Waals surface area contributed by atoms with E-state index in [9.17, 15) is 9.90 Å². The van der Waals surface area contributed by atoms with E-state index in [2.05, 4.69) is 20.5 Å². The molecule has 0 spiro atoms. The van der Waals surface area contributed by atoms with E-state index in [-0.39, 0.29) is 12.3 Å². The summed E-state index contributed by atoms with van der Waals surface area (Å²) in [6, 6.07) is 19.2. The highest BCUT2D eigenvalue weighted by molar-refractivity contribution is 5.92. The summed E-state index contributed by atoms with van der Waals surface area (Å²) in [5.74, 6) is 1.53. The van der Waals surface area contributed by atoms with Gasteiger partial charge in [0.25, 0.3) is 0 Å².